The normalized spacial score (nSPS) is 12.1. The predicted octanol–water partition coefficient (Wildman–Crippen LogP) is 5.05. The van der Waals surface area contributed by atoms with Crippen LogP contribution in [0.5, 0.6) is 0 Å². The molecule has 0 aliphatic heterocycles. The Morgan fingerprint density at radius 2 is 1.87 bits per heavy atom. The van der Waals surface area contributed by atoms with Crippen LogP contribution in [0, 0.1) is 0 Å². The molecule has 1 heterocycles. The van der Waals surface area contributed by atoms with Crippen LogP contribution in [0.4, 0.5) is 13.2 Å². The molecule has 0 fully saturated rings. The van der Waals surface area contributed by atoms with Crippen LogP contribution in [-0.4, -0.2) is 15.1 Å². The molecule has 0 bridgehead atoms. The molecule has 0 radical (unpaired) electrons. The van der Waals surface area contributed by atoms with Crippen LogP contribution < -0.4 is 0 Å². The van der Waals surface area contributed by atoms with Crippen molar-refractivity contribution in [2.45, 2.75) is 12.8 Å². The van der Waals surface area contributed by atoms with E-state index in [2.05, 4.69) is 9.97 Å². The Morgan fingerprint density at radius 1 is 1.17 bits per heavy atom. The number of imidazole rings is 1. The summed E-state index contributed by atoms with van der Waals surface area (Å²) in [4.78, 5) is 6.87. The first kappa shape index (κ1) is 16.1. The molecular formula is C15H9Cl2F3N2O. The number of alkyl halides is 3. The monoisotopic (exact) mass is 360 g/mol. The van der Waals surface area contributed by atoms with Crippen LogP contribution in [0.15, 0.2) is 30.3 Å². The van der Waals surface area contributed by atoms with Gasteiger partial charge in [-0.1, -0.05) is 41.4 Å². The molecule has 3 nitrogen and oxygen atoms in total. The van der Waals surface area contributed by atoms with Crippen molar-refractivity contribution in [2.75, 3.05) is 0 Å². The molecule has 2 aromatic carbocycles. The van der Waals surface area contributed by atoms with Crippen LogP contribution in [0.2, 0.25) is 10.0 Å². The van der Waals surface area contributed by atoms with Gasteiger partial charge in [0.15, 0.2) is 0 Å². The highest BCUT2D eigenvalue weighted by Crippen LogP contribution is 2.44. The van der Waals surface area contributed by atoms with Gasteiger partial charge in [-0.3, -0.25) is 0 Å². The number of benzene rings is 2. The van der Waals surface area contributed by atoms with Crippen molar-refractivity contribution < 1.29 is 18.3 Å². The molecule has 23 heavy (non-hydrogen) atoms. The Hall–Kier alpha value is -1.76. The fourth-order valence-electron chi connectivity index (χ4n) is 2.40. The van der Waals surface area contributed by atoms with Gasteiger partial charge in [0.2, 0.25) is 0 Å². The van der Waals surface area contributed by atoms with Gasteiger partial charge in [0.05, 0.1) is 21.1 Å². The number of nitrogens with zero attached hydrogens (tertiary/aromatic N) is 1. The minimum Gasteiger partial charge on any atom is -0.388 e. The maximum Gasteiger partial charge on any atom is 0.417 e. The van der Waals surface area contributed by atoms with Crippen molar-refractivity contribution in [3.8, 4) is 11.1 Å². The molecule has 1 aromatic heterocycles. The number of H-pyrrole nitrogens is 1. The van der Waals surface area contributed by atoms with E-state index in [1.165, 1.54) is 24.3 Å². The predicted molar refractivity (Wildman–Crippen MR) is 82.5 cm³/mol. The topological polar surface area (TPSA) is 48.9 Å². The number of aliphatic hydroxyl groups excluding tert-OH is 1. The van der Waals surface area contributed by atoms with Crippen molar-refractivity contribution in [1.29, 1.82) is 0 Å². The molecule has 0 spiro atoms. The van der Waals surface area contributed by atoms with Gasteiger partial charge >= 0.3 is 6.18 Å². The molecular weight excluding hydrogens is 352 g/mol. The zero-order valence-electron chi connectivity index (χ0n) is 11.4. The smallest absolute Gasteiger partial charge is 0.388 e. The number of rotatable bonds is 2. The van der Waals surface area contributed by atoms with Crippen LogP contribution in [0.25, 0.3) is 22.2 Å². The van der Waals surface area contributed by atoms with Gasteiger partial charge in [-0.15, -0.1) is 0 Å². The molecule has 0 saturated carbocycles. The molecule has 0 aliphatic rings. The highest BCUT2D eigenvalue weighted by Gasteiger charge is 2.34. The Morgan fingerprint density at radius 3 is 2.52 bits per heavy atom. The van der Waals surface area contributed by atoms with Gasteiger partial charge < -0.3 is 10.1 Å². The fourth-order valence-corrected chi connectivity index (χ4v) is 3.10. The van der Waals surface area contributed by atoms with E-state index in [0.717, 1.165) is 6.07 Å². The number of hydrogen-bond acceptors (Lipinski definition) is 2. The van der Waals surface area contributed by atoms with Crippen molar-refractivity contribution in [2.24, 2.45) is 0 Å². The Kier molecular flexibility index (Phi) is 4.00. The molecule has 0 unspecified atom stereocenters. The van der Waals surface area contributed by atoms with Gasteiger partial charge in [0.1, 0.15) is 17.9 Å². The lowest BCUT2D eigenvalue weighted by molar-refractivity contribution is -0.137. The van der Waals surface area contributed by atoms with E-state index in [9.17, 15) is 13.2 Å². The molecule has 8 heteroatoms. The Balaban J connectivity index is 2.33. The fraction of sp³-hybridized carbons (Fsp3) is 0.133. The first-order chi connectivity index (χ1) is 10.8. The first-order valence-electron chi connectivity index (χ1n) is 6.47. The lowest BCUT2D eigenvalue weighted by Gasteiger charge is -2.15. The molecule has 3 rings (SSSR count). The molecule has 0 aliphatic carbocycles. The lowest BCUT2D eigenvalue weighted by Crippen LogP contribution is -2.07. The van der Waals surface area contributed by atoms with Gasteiger partial charge in [0.25, 0.3) is 0 Å². The highest BCUT2D eigenvalue weighted by atomic mass is 35.5. The summed E-state index contributed by atoms with van der Waals surface area (Å²) in [6.45, 7) is -0.350. The largest absolute Gasteiger partial charge is 0.417 e. The van der Waals surface area contributed by atoms with E-state index in [1.54, 1.807) is 0 Å². The Labute approximate surface area is 138 Å². The summed E-state index contributed by atoms with van der Waals surface area (Å²) in [6.07, 6.45) is -4.54. The van der Waals surface area contributed by atoms with E-state index >= 15 is 0 Å². The zero-order valence-corrected chi connectivity index (χ0v) is 12.9. The Bertz CT molecular complexity index is 890. The lowest BCUT2D eigenvalue weighted by atomic mass is 9.98. The molecule has 120 valence electrons. The SMILES string of the molecule is OCc1nc2c(Cl)c(-c3ccccc3C(F)(F)F)c(Cl)cc2[nH]1. The van der Waals surface area contributed by atoms with Crippen molar-refractivity contribution >= 4 is 34.2 Å². The highest BCUT2D eigenvalue weighted by molar-refractivity contribution is 6.42. The van der Waals surface area contributed by atoms with Gasteiger partial charge in [0, 0.05) is 5.56 Å². The minimum absolute atomic E-state index is 0.000139. The van der Waals surface area contributed by atoms with Crippen molar-refractivity contribution in [3.63, 3.8) is 0 Å². The van der Waals surface area contributed by atoms with Crippen LogP contribution >= 0.6 is 23.2 Å². The number of aliphatic hydroxyl groups is 1. The summed E-state index contributed by atoms with van der Waals surface area (Å²) < 4.78 is 39.7. The molecule has 0 amide bonds. The van der Waals surface area contributed by atoms with E-state index in [1.807, 2.05) is 0 Å². The summed E-state index contributed by atoms with van der Waals surface area (Å²) in [5.74, 6) is 0.249. The number of fused-ring (bicyclic) bond motifs is 1. The second kappa shape index (κ2) is 5.70. The van der Waals surface area contributed by atoms with Crippen LogP contribution in [0.3, 0.4) is 0 Å². The number of hydrogen-bond donors (Lipinski definition) is 2. The van der Waals surface area contributed by atoms with Gasteiger partial charge in [-0.05, 0) is 17.7 Å². The second-order valence-corrected chi connectivity index (χ2v) is 5.61. The quantitative estimate of drug-likeness (QED) is 0.671. The third-order valence-corrected chi connectivity index (χ3v) is 4.04. The van der Waals surface area contributed by atoms with Crippen LogP contribution in [0.1, 0.15) is 11.4 Å². The van der Waals surface area contributed by atoms with E-state index < -0.39 is 11.7 Å². The first-order valence-corrected chi connectivity index (χ1v) is 7.22. The van der Waals surface area contributed by atoms with E-state index in [0.29, 0.717) is 5.52 Å². The molecule has 3 aromatic rings. The standard InChI is InChI=1S/C15H9Cl2F3N2O/c16-9-5-10-14(22-11(6-23)21-10)13(17)12(9)7-3-1-2-4-8(7)15(18,19)20/h1-5,23H,6H2,(H,21,22). The maximum absolute atomic E-state index is 13.2. The number of aromatic nitrogens is 2. The third kappa shape index (κ3) is 2.78. The van der Waals surface area contributed by atoms with E-state index in [-0.39, 0.29) is 39.1 Å². The number of aromatic amines is 1. The molecule has 0 atom stereocenters. The number of halogens is 5. The average molecular weight is 361 g/mol. The number of nitrogens with one attached hydrogen (secondary N) is 1. The summed E-state index contributed by atoms with van der Waals surface area (Å²) >= 11 is 12.4. The molecule has 0 saturated heterocycles. The summed E-state index contributed by atoms with van der Waals surface area (Å²) in [5.41, 5.74) is -0.194. The second-order valence-electron chi connectivity index (χ2n) is 4.83. The van der Waals surface area contributed by atoms with Gasteiger partial charge in [-0.2, -0.15) is 13.2 Å². The minimum atomic E-state index is -4.54. The summed E-state index contributed by atoms with van der Waals surface area (Å²) in [6, 6.07) is 6.49. The zero-order chi connectivity index (χ0) is 16.8. The third-order valence-electron chi connectivity index (χ3n) is 3.37. The van der Waals surface area contributed by atoms with E-state index in [4.69, 9.17) is 28.3 Å². The van der Waals surface area contributed by atoms with Gasteiger partial charge in [-0.25, -0.2) is 4.98 Å². The average Bonchev–Trinajstić information content (AvgIpc) is 2.90. The van der Waals surface area contributed by atoms with Crippen molar-refractivity contribution in [3.05, 3.63) is 51.8 Å². The molecule has 2 N–H and O–H groups in total. The van der Waals surface area contributed by atoms with Crippen molar-refractivity contribution in [1.82, 2.24) is 9.97 Å². The van der Waals surface area contributed by atoms with Crippen LogP contribution in [-0.2, 0) is 12.8 Å². The maximum atomic E-state index is 13.2. The summed E-state index contributed by atoms with van der Waals surface area (Å²) in [7, 11) is 0. The summed E-state index contributed by atoms with van der Waals surface area (Å²) in [5, 5.41) is 9.18.